The van der Waals surface area contributed by atoms with Crippen LogP contribution in [0.4, 0.5) is 0 Å². The van der Waals surface area contributed by atoms with Crippen molar-refractivity contribution in [1.82, 2.24) is 0 Å². The minimum absolute atomic E-state index is 0.165. The molecule has 5 aromatic rings. The van der Waals surface area contributed by atoms with Gasteiger partial charge >= 0.3 is 5.97 Å². The van der Waals surface area contributed by atoms with E-state index < -0.39 is 5.97 Å². The van der Waals surface area contributed by atoms with Crippen molar-refractivity contribution in [2.75, 3.05) is 0 Å². The van der Waals surface area contributed by atoms with Gasteiger partial charge in [0.05, 0.1) is 0 Å². The van der Waals surface area contributed by atoms with Crippen LogP contribution in [0.1, 0.15) is 15.9 Å². The van der Waals surface area contributed by atoms with Crippen LogP contribution in [0.15, 0.2) is 90.3 Å². The fourth-order valence-electron chi connectivity index (χ4n) is 3.76. The van der Waals surface area contributed by atoms with Gasteiger partial charge in [0.2, 0.25) is 0 Å². The zero-order valence-corrected chi connectivity index (χ0v) is 16.9. The van der Waals surface area contributed by atoms with Crippen LogP contribution >= 0.6 is 11.3 Å². The minimum atomic E-state index is -0.996. The Kier molecular flexibility index (Phi) is 4.69. The summed E-state index contributed by atoms with van der Waals surface area (Å²) in [6.07, 6.45) is 0. The molecular formula is C26H18O3S. The molecule has 0 atom stereocenters. The lowest BCUT2D eigenvalue weighted by molar-refractivity contribution is 0.0692. The average molecular weight is 410 g/mol. The molecule has 0 saturated carbocycles. The summed E-state index contributed by atoms with van der Waals surface area (Å²) < 4.78 is 7.27. The van der Waals surface area contributed by atoms with E-state index in [1.807, 2.05) is 48.5 Å². The Balaban J connectivity index is 1.53. The fraction of sp³-hybridized carbons (Fsp3) is 0.0385. The van der Waals surface area contributed by atoms with Crippen molar-refractivity contribution < 1.29 is 14.6 Å². The molecular weight excluding hydrogens is 392 g/mol. The van der Waals surface area contributed by atoms with Crippen molar-refractivity contribution in [3.63, 3.8) is 0 Å². The molecule has 1 aromatic heterocycles. The molecule has 4 heteroatoms. The molecule has 0 bridgehead atoms. The van der Waals surface area contributed by atoms with Crippen LogP contribution in [0, 0.1) is 0 Å². The third kappa shape index (κ3) is 3.31. The van der Waals surface area contributed by atoms with Crippen molar-refractivity contribution >= 4 is 38.2 Å². The molecule has 0 saturated heterocycles. The quantitative estimate of drug-likeness (QED) is 0.339. The standard InChI is InChI=1S/C26H18O3S/c27-26(28)22-13-12-18(23-16-30-25-11-4-3-10-21(23)25)14-24(22)29-15-19-8-5-7-17-6-1-2-9-20(17)19/h1-14,16H,15H2,(H,27,28). The molecule has 0 radical (unpaired) electrons. The first-order chi connectivity index (χ1) is 14.7. The number of ether oxygens (including phenoxy) is 1. The summed E-state index contributed by atoms with van der Waals surface area (Å²) in [6.45, 7) is 0.301. The van der Waals surface area contributed by atoms with E-state index in [2.05, 4.69) is 35.7 Å². The maximum absolute atomic E-state index is 11.8. The van der Waals surface area contributed by atoms with Crippen LogP contribution in [0.3, 0.4) is 0 Å². The molecule has 4 aromatic carbocycles. The number of thiophene rings is 1. The summed E-state index contributed by atoms with van der Waals surface area (Å²) in [6, 6.07) is 27.7. The summed E-state index contributed by atoms with van der Waals surface area (Å²) in [5.74, 6) is -0.618. The molecule has 0 aliphatic rings. The topological polar surface area (TPSA) is 46.5 Å². The molecule has 1 N–H and O–H groups in total. The van der Waals surface area contributed by atoms with E-state index in [9.17, 15) is 9.90 Å². The van der Waals surface area contributed by atoms with E-state index in [0.29, 0.717) is 12.4 Å². The van der Waals surface area contributed by atoms with Gasteiger partial charge < -0.3 is 9.84 Å². The van der Waals surface area contributed by atoms with Crippen LogP contribution < -0.4 is 4.74 Å². The number of hydrogen-bond donors (Lipinski definition) is 1. The summed E-state index contributed by atoms with van der Waals surface area (Å²) in [5.41, 5.74) is 3.22. The molecule has 0 amide bonds. The first-order valence-corrected chi connectivity index (χ1v) is 10.5. The molecule has 1 heterocycles. The first-order valence-electron chi connectivity index (χ1n) is 9.64. The highest BCUT2D eigenvalue weighted by Gasteiger charge is 2.15. The number of carboxylic acid groups (broad SMARTS) is 1. The molecule has 0 unspecified atom stereocenters. The summed E-state index contributed by atoms with van der Waals surface area (Å²) in [4.78, 5) is 11.8. The van der Waals surface area contributed by atoms with Gasteiger partial charge in [-0.15, -0.1) is 11.3 Å². The highest BCUT2D eigenvalue weighted by atomic mass is 32.1. The van der Waals surface area contributed by atoms with Gasteiger partial charge in [-0.25, -0.2) is 4.79 Å². The SMILES string of the molecule is O=C(O)c1ccc(-c2csc3ccccc23)cc1OCc1cccc2ccccc12. The Bertz CT molecular complexity index is 1380. The van der Waals surface area contributed by atoms with Crippen molar-refractivity contribution in [3.8, 4) is 16.9 Å². The van der Waals surface area contributed by atoms with Gasteiger partial charge in [-0.1, -0.05) is 66.7 Å². The predicted molar refractivity (Wildman–Crippen MR) is 123 cm³/mol. The van der Waals surface area contributed by atoms with Gasteiger partial charge in [0.15, 0.2) is 0 Å². The highest BCUT2D eigenvalue weighted by molar-refractivity contribution is 7.17. The maximum Gasteiger partial charge on any atom is 0.339 e. The predicted octanol–water partition coefficient (Wildman–Crippen LogP) is 7.00. The Hall–Kier alpha value is -3.63. The van der Waals surface area contributed by atoms with E-state index in [-0.39, 0.29) is 5.56 Å². The van der Waals surface area contributed by atoms with Crippen molar-refractivity contribution in [3.05, 3.63) is 101 Å². The number of hydrogen-bond acceptors (Lipinski definition) is 3. The van der Waals surface area contributed by atoms with Gasteiger partial charge in [0.1, 0.15) is 17.9 Å². The number of rotatable bonds is 5. The Morgan fingerprint density at radius 2 is 1.63 bits per heavy atom. The lowest BCUT2D eigenvalue weighted by atomic mass is 10.0. The van der Waals surface area contributed by atoms with Crippen LogP contribution in [0.25, 0.3) is 32.0 Å². The monoisotopic (exact) mass is 410 g/mol. The fourth-order valence-corrected chi connectivity index (χ4v) is 4.73. The van der Waals surface area contributed by atoms with E-state index in [1.165, 1.54) is 4.70 Å². The molecule has 5 rings (SSSR count). The lowest BCUT2D eigenvalue weighted by Crippen LogP contribution is -2.04. The van der Waals surface area contributed by atoms with E-state index in [4.69, 9.17) is 4.74 Å². The molecule has 30 heavy (non-hydrogen) atoms. The maximum atomic E-state index is 11.8. The highest BCUT2D eigenvalue weighted by Crippen LogP contribution is 2.36. The Morgan fingerprint density at radius 1 is 0.867 bits per heavy atom. The van der Waals surface area contributed by atoms with Crippen molar-refractivity contribution in [1.29, 1.82) is 0 Å². The molecule has 0 fully saturated rings. The van der Waals surface area contributed by atoms with Crippen LogP contribution in [-0.4, -0.2) is 11.1 Å². The van der Waals surface area contributed by atoms with Gasteiger partial charge in [0, 0.05) is 15.6 Å². The van der Waals surface area contributed by atoms with Crippen molar-refractivity contribution in [2.45, 2.75) is 6.61 Å². The number of aromatic carboxylic acids is 1. The number of carbonyl (C=O) groups is 1. The second-order valence-electron chi connectivity index (χ2n) is 7.09. The van der Waals surface area contributed by atoms with Crippen LogP contribution in [-0.2, 0) is 6.61 Å². The third-order valence-corrected chi connectivity index (χ3v) is 6.23. The zero-order chi connectivity index (χ0) is 20.5. The largest absolute Gasteiger partial charge is 0.488 e. The second kappa shape index (κ2) is 7.65. The molecule has 0 spiro atoms. The summed E-state index contributed by atoms with van der Waals surface area (Å²) in [7, 11) is 0. The smallest absolute Gasteiger partial charge is 0.339 e. The number of fused-ring (bicyclic) bond motifs is 2. The van der Waals surface area contributed by atoms with Crippen LogP contribution in [0.2, 0.25) is 0 Å². The van der Waals surface area contributed by atoms with E-state index in [0.717, 1.165) is 32.8 Å². The molecule has 3 nitrogen and oxygen atoms in total. The first kappa shape index (κ1) is 18.4. The van der Waals surface area contributed by atoms with Gasteiger partial charge in [0.25, 0.3) is 0 Å². The van der Waals surface area contributed by atoms with Gasteiger partial charge in [-0.05, 0) is 45.5 Å². The normalized spacial score (nSPS) is 11.1. The lowest BCUT2D eigenvalue weighted by Gasteiger charge is -2.13. The summed E-state index contributed by atoms with van der Waals surface area (Å²) in [5, 5.41) is 15.2. The molecule has 146 valence electrons. The van der Waals surface area contributed by atoms with Gasteiger partial charge in [-0.3, -0.25) is 0 Å². The second-order valence-corrected chi connectivity index (χ2v) is 8.00. The van der Waals surface area contributed by atoms with E-state index in [1.54, 1.807) is 17.4 Å². The number of benzene rings is 4. The average Bonchev–Trinajstić information content (AvgIpc) is 3.21. The minimum Gasteiger partial charge on any atom is -0.488 e. The van der Waals surface area contributed by atoms with E-state index >= 15 is 0 Å². The zero-order valence-electron chi connectivity index (χ0n) is 16.0. The Morgan fingerprint density at radius 3 is 2.50 bits per heavy atom. The Labute approximate surface area is 177 Å². The van der Waals surface area contributed by atoms with Gasteiger partial charge in [-0.2, -0.15) is 0 Å². The molecule has 0 aliphatic heterocycles. The summed E-state index contributed by atoms with van der Waals surface area (Å²) >= 11 is 1.68. The van der Waals surface area contributed by atoms with Crippen molar-refractivity contribution in [2.24, 2.45) is 0 Å². The van der Waals surface area contributed by atoms with Crippen LogP contribution in [0.5, 0.6) is 5.75 Å². The number of carboxylic acids is 1. The third-order valence-electron chi connectivity index (χ3n) is 5.27. The molecule has 0 aliphatic carbocycles.